The van der Waals surface area contributed by atoms with Crippen molar-refractivity contribution in [2.75, 3.05) is 19.8 Å². The molecule has 1 heterocycles. The SMILES string of the molecule is CC(C)(C)CNC(C)(C)c1ccc2c(c1)CC[C@H](NC(=O)c1ccc(OC[C@@H]3CCCO3)cc1)C2. The highest BCUT2D eigenvalue weighted by atomic mass is 16.5. The molecule has 35 heavy (non-hydrogen) atoms. The van der Waals surface area contributed by atoms with Crippen LogP contribution in [-0.2, 0) is 23.1 Å². The maximum Gasteiger partial charge on any atom is 0.251 e. The molecule has 2 aromatic rings. The van der Waals surface area contributed by atoms with Gasteiger partial charge in [-0.1, -0.05) is 39.0 Å². The molecule has 4 rings (SSSR count). The van der Waals surface area contributed by atoms with Crippen molar-refractivity contribution in [3.05, 3.63) is 64.7 Å². The molecule has 2 aliphatic rings. The van der Waals surface area contributed by atoms with Gasteiger partial charge in [0, 0.05) is 30.3 Å². The van der Waals surface area contributed by atoms with Crippen molar-refractivity contribution < 1.29 is 14.3 Å². The molecule has 0 bridgehead atoms. The van der Waals surface area contributed by atoms with Crippen molar-refractivity contribution in [3.63, 3.8) is 0 Å². The van der Waals surface area contributed by atoms with E-state index in [2.05, 4.69) is 63.5 Å². The van der Waals surface area contributed by atoms with Crippen LogP contribution in [0.4, 0.5) is 0 Å². The first-order valence-corrected chi connectivity index (χ1v) is 13.1. The Labute approximate surface area is 211 Å². The lowest BCUT2D eigenvalue weighted by Gasteiger charge is -2.33. The average molecular weight is 479 g/mol. The molecular weight excluding hydrogens is 436 g/mol. The van der Waals surface area contributed by atoms with E-state index in [-0.39, 0.29) is 29.0 Å². The monoisotopic (exact) mass is 478 g/mol. The molecule has 0 spiro atoms. The predicted octanol–water partition coefficient (Wildman–Crippen LogP) is 5.40. The third kappa shape index (κ3) is 7.08. The summed E-state index contributed by atoms with van der Waals surface area (Å²) in [6.07, 6.45) is 5.17. The minimum Gasteiger partial charge on any atom is -0.491 e. The lowest BCUT2D eigenvalue weighted by molar-refractivity contribution is 0.0679. The van der Waals surface area contributed by atoms with E-state index in [1.54, 1.807) is 0 Å². The molecule has 190 valence electrons. The summed E-state index contributed by atoms with van der Waals surface area (Å²) in [6, 6.07) is 14.4. The van der Waals surface area contributed by atoms with Crippen molar-refractivity contribution in [2.45, 2.75) is 84.4 Å². The standard InChI is InChI=1S/C30H42N2O3/c1-29(2,3)20-31-30(4,5)24-12-8-23-18-25(13-9-22(23)17-24)32-28(33)21-10-14-26(15-11-21)35-19-27-7-6-16-34-27/h8,10-12,14-15,17,25,27,31H,6-7,9,13,16,18-20H2,1-5H3,(H,32,33)/t25-,27-/m0/s1. The minimum atomic E-state index is -0.0760. The fourth-order valence-corrected chi connectivity index (χ4v) is 4.79. The number of hydrogen-bond acceptors (Lipinski definition) is 4. The Hall–Kier alpha value is -2.37. The van der Waals surface area contributed by atoms with Gasteiger partial charge in [0.15, 0.2) is 0 Å². The molecule has 2 aromatic carbocycles. The Kier molecular flexibility index (Phi) is 7.87. The zero-order chi connectivity index (χ0) is 25.1. The largest absolute Gasteiger partial charge is 0.491 e. The number of nitrogens with one attached hydrogen (secondary N) is 2. The summed E-state index contributed by atoms with van der Waals surface area (Å²) in [4.78, 5) is 12.9. The van der Waals surface area contributed by atoms with Crippen LogP contribution in [0.15, 0.2) is 42.5 Å². The molecule has 2 atom stereocenters. The number of hydrogen-bond donors (Lipinski definition) is 2. The highest BCUT2D eigenvalue weighted by Crippen LogP contribution is 2.29. The lowest BCUT2D eigenvalue weighted by atomic mass is 9.83. The zero-order valence-corrected chi connectivity index (χ0v) is 22.1. The van der Waals surface area contributed by atoms with Gasteiger partial charge in [0.2, 0.25) is 0 Å². The third-order valence-electron chi connectivity index (χ3n) is 7.13. The van der Waals surface area contributed by atoms with Crippen LogP contribution in [-0.4, -0.2) is 37.8 Å². The summed E-state index contributed by atoms with van der Waals surface area (Å²) in [5, 5.41) is 6.97. The van der Waals surface area contributed by atoms with Crippen LogP contribution in [0.5, 0.6) is 5.75 Å². The van der Waals surface area contributed by atoms with E-state index in [4.69, 9.17) is 9.47 Å². The predicted molar refractivity (Wildman–Crippen MR) is 141 cm³/mol. The maximum atomic E-state index is 12.9. The highest BCUT2D eigenvalue weighted by Gasteiger charge is 2.26. The molecule has 0 unspecified atom stereocenters. The van der Waals surface area contributed by atoms with Gasteiger partial charge >= 0.3 is 0 Å². The first-order chi connectivity index (χ1) is 16.6. The number of aryl methyl sites for hydroxylation is 1. The molecule has 1 fully saturated rings. The van der Waals surface area contributed by atoms with Crippen LogP contribution in [0.2, 0.25) is 0 Å². The van der Waals surface area contributed by atoms with Gasteiger partial charge in [-0.25, -0.2) is 0 Å². The molecule has 5 nitrogen and oxygen atoms in total. The Bertz CT molecular complexity index is 1000. The Morgan fingerprint density at radius 1 is 1.03 bits per heavy atom. The summed E-state index contributed by atoms with van der Waals surface area (Å²) < 4.78 is 11.4. The number of amides is 1. The van der Waals surface area contributed by atoms with Gasteiger partial charge in [-0.2, -0.15) is 0 Å². The molecule has 1 aliphatic carbocycles. The number of ether oxygens (including phenoxy) is 2. The average Bonchev–Trinajstić information content (AvgIpc) is 3.35. The van der Waals surface area contributed by atoms with E-state index >= 15 is 0 Å². The van der Waals surface area contributed by atoms with Crippen LogP contribution in [0, 0.1) is 5.41 Å². The lowest BCUT2D eigenvalue weighted by Crippen LogP contribution is -2.42. The summed E-state index contributed by atoms with van der Waals surface area (Å²) >= 11 is 0. The molecular formula is C30H42N2O3. The Morgan fingerprint density at radius 3 is 2.49 bits per heavy atom. The number of rotatable bonds is 8. The van der Waals surface area contributed by atoms with Crippen molar-refractivity contribution in [1.82, 2.24) is 10.6 Å². The molecule has 0 radical (unpaired) electrons. The fraction of sp³-hybridized carbons (Fsp3) is 0.567. The van der Waals surface area contributed by atoms with Gasteiger partial charge in [0.05, 0.1) is 6.10 Å². The van der Waals surface area contributed by atoms with Gasteiger partial charge in [-0.15, -0.1) is 0 Å². The Balaban J connectivity index is 1.31. The minimum absolute atomic E-state index is 0.0201. The molecule has 5 heteroatoms. The van der Waals surface area contributed by atoms with Crippen molar-refractivity contribution in [1.29, 1.82) is 0 Å². The number of fused-ring (bicyclic) bond motifs is 1. The van der Waals surface area contributed by atoms with E-state index in [1.807, 2.05) is 24.3 Å². The summed E-state index contributed by atoms with van der Waals surface area (Å²) in [5.74, 6) is 0.757. The topological polar surface area (TPSA) is 59.6 Å². The van der Waals surface area contributed by atoms with Gasteiger partial charge in [-0.05, 0) is 92.3 Å². The highest BCUT2D eigenvalue weighted by molar-refractivity contribution is 5.94. The first kappa shape index (κ1) is 25.7. The smallest absolute Gasteiger partial charge is 0.251 e. The van der Waals surface area contributed by atoms with Gasteiger partial charge in [0.1, 0.15) is 12.4 Å². The molecule has 1 saturated heterocycles. The molecule has 1 aliphatic heterocycles. The molecule has 0 aromatic heterocycles. The van der Waals surface area contributed by atoms with Gasteiger partial charge in [0.25, 0.3) is 5.91 Å². The van der Waals surface area contributed by atoms with Crippen LogP contribution < -0.4 is 15.4 Å². The van der Waals surface area contributed by atoms with E-state index in [0.29, 0.717) is 12.2 Å². The number of carbonyl (C=O) groups excluding carboxylic acids is 1. The van der Waals surface area contributed by atoms with Gasteiger partial charge in [-0.3, -0.25) is 4.79 Å². The zero-order valence-electron chi connectivity index (χ0n) is 22.1. The van der Waals surface area contributed by atoms with Crippen LogP contribution in [0.3, 0.4) is 0 Å². The summed E-state index contributed by atoms with van der Waals surface area (Å²) in [5.41, 5.74) is 4.91. The van der Waals surface area contributed by atoms with Crippen LogP contribution in [0.25, 0.3) is 0 Å². The molecule has 1 amide bonds. The Morgan fingerprint density at radius 2 is 1.80 bits per heavy atom. The van der Waals surface area contributed by atoms with Crippen molar-refractivity contribution in [3.8, 4) is 5.75 Å². The van der Waals surface area contributed by atoms with Crippen LogP contribution in [0.1, 0.15) is 80.9 Å². The third-order valence-corrected chi connectivity index (χ3v) is 7.13. The second kappa shape index (κ2) is 10.7. The summed E-state index contributed by atoms with van der Waals surface area (Å²) in [6.45, 7) is 13.6. The second-order valence-corrected chi connectivity index (χ2v) is 11.9. The van der Waals surface area contributed by atoms with Crippen LogP contribution >= 0.6 is 0 Å². The second-order valence-electron chi connectivity index (χ2n) is 11.9. The number of carbonyl (C=O) groups is 1. The maximum absolute atomic E-state index is 12.9. The first-order valence-electron chi connectivity index (χ1n) is 13.1. The number of benzene rings is 2. The molecule has 0 saturated carbocycles. The fourth-order valence-electron chi connectivity index (χ4n) is 4.79. The van der Waals surface area contributed by atoms with E-state index in [1.165, 1.54) is 16.7 Å². The normalized spacial score (nSPS) is 20.4. The van der Waals surface area contributed by atoms with E-state index in [0.717, 1.165) is 51.0 Å². The summed E-state index contributed by atoms with van der Waals surface area (Å²) in [7, 11) is 0. The quantitative estimate of drug-likeness (QED) is 0.533. The molecule has 2 N–H and O–H groups in total. The van der Waals surface area contributed by atoms with E-state index < -0.39 is 0 Å². The van der Waals surface area contributed by atoms with Crippen molar-refractivity contribution >= 4 is 5.91 Å². The van der Waals surface area contributed by atoms with Crippen molar-refractivity contribution in [2.24, 2.45) is 5.41 Å². The van der Waals surface area contributed by atoms with Gasteiger partial charge < -0.3 is 20.1 Å². The van der Waals surface area contributed by atoms with E-state index in [9.17, 15) is 4.79 Å².